The lowest BCUT2D eigenvalue weighted by molar-refractivity contribution is -0.138. The monoisotopic (exact) mass is 256 g/mol. The highest BCUT2D eigenvalue weighted by Crippen LogP contribution is 2.28. The average Bonchev–Trinajstić information content (AvgIpc) is 2.27. The van der Waals surface area contributed by atoms with Gasteiger partial charge in [0, 0.05) is 23.6 Å². The summed E-state index contributed by atoms with van der Waals surface area (Å²) in [5, 5.41) is 4.55. The number of carbonyl (C=O) groups excluding carboxylic acids is 1. The minimum atomic E-state index is -0.306. The molecule has 0 aromatic rings. The topological polar surface area (TPSA) is 32.3 Å². The van der Waals surface area contributed by atoms with E-state index >= 15 is 0 Å². The van der Waals surface area contributed by atoms with Crippen LogP contribution in [0.5, 0.6) is 0 Å². The Bertz CT molecular complexity index is 279. The molecule has 3 nitrogen and oxygen atoms in total. The molecule has 2 heterocycles. The van der Waals surface area contributed by atoms with Gasteiger partial charge in [0.05, 0.1) is 5.54 Å². The molecule has 2 saturated heterocycles. The number of hydrogen-bond donors (Lipinski definition) is 1. The SMILES string of the molecule is CC1CN(C(=O)C2(C)CCCCN2)CC(C)S1. The molecule has 0 saturated carbocycles. The third-order valence-electron chi connectivity index (χ3n) is 3.80. The average molecular weight is 256 g/mol. The van der Waals surface area contributed by atoms with Crippen LogP contribution >= 0.6 is 11.8 Å². The van der Waals surface area contributed by atoms with E-state index in [-0.39, 0.29) is 5.54 Å². The molecular formula is C13H24N2OS. The number of amides is 1. The Morgan fingerprint density at radius 2 is 1.94 bits per heavy atom. The highest BCUT2D eigenvalue weighted by atomic mass is 32.2. The maximum Gasteiger partial charge on any atom is 0.242 e. The molecule has 2 rings (SSSR count). The van der Waals surface area contributed by atoms with E-state index in [1.54, 1.807) is 0 Å². The Hall–Kier alpha value is -0.220. The molecule has 0 aromatic carbocycles. The van der Waals surface area contributed by atoms with Crippen molar-refractivity contribution in [2.24, 2.45) is 0 Å². The van der Waals surface area contributed by atoms with Crippen LogP contribution in [0.25, 0.3) is 0 Å². The van der Waals surface area contributed by atoms with Crippen molar-refractivity contribution in [1.82, 2.24) is 10.2 Å². The number of nitrogens with one attached hydrogen (secondary N) is 1. The first-order valence-corrected chi connectivity index (χ1v) is 7.65. The second-order valence-electron chi connectivity index (χ2n) is 5.68. The number of hydrogen-bond acceptors (Lipinski definition) is 3. The predicted molar refractivity (Wildman–Crippen MR) is 73.4 cm³/mol. The van der Waals surface area contributed by atoms with Gasteiger partial charge in [-0.15, -0.1) is 0 Å². The lowest BCUT2D eigenvalue weighted by Crippen LogP contribution is -2.60. The zero-order valence-electron chi connectivity index (χ0n) is 11.2. The van der Waals surface area contributed by atoms with Crippen molar-refractivity contribution in [2.75, 3.05) is 19.6 Å². The maximum atomic E-state index is 12.6. The first-order valence-electron chi connectivity index (χ1n) is 6.71. The molecule has 1 N–H and O–H groups in total. The van der Waals surface area contributed by atoms with Crippen molar-refractivity contribution in [3.8, 4) is 0 Å². The van der Waals surface area contributed by atoms with Gasteiger partial charge in [-0.3, -0.25) is 4.79 Å². The molecule has 2 aliphatic heterocycles. The van der Waals surface area contributed by atoms with Gasteiger partial charge in [-0.05, 0) is 32.7 Å². The second kappa shape index (κ2) is 5.19. The van der Waals surface area contributed by atoms with Crippen LogP contribution in [0.3, 0.4) is 0 Å². The van der Waals surface area contributed by atoms with Crippen molar-refractivity contribution >= 4 is 17.7 Å². The van der Waals surface area contributed by atoms with Crippen molar-refractivity contribution in [2.45, 2.75) is 56.1 Å². The van der Waals surface area contributed by atoms with Gasteiger partial charge in [0.25, 0.3) is 0 Å². The molecule has 0 aromatic heterocycles. The summed E-state index contributed by atoms with van der Waals surface area (Å²) in [4.78, 5) is 14.7. The van der Waals surface area contributed by atoms with Gasteiger partial charge < -0.3 is 10.2 Å². The first kappa shape index (κ1) is 13.2. The van der Waals surface area contributed by atoms with E-state index in [0.29, 0.717) is 16.4 Å². The van der Waals surface area contributed by atoms with E-state index in [9.17, 15) is 4.79 Å². The van der Waals surface area contributed by atoms with Crippen molar-refractivity contribution in [1.29, 1.82) is 0 Å². The Morgan fingerprint density at radius 3 is 2.47 bits per heavy atom. The zero-order valence-corrected chi connectivity index (χ0v) is 12.0. The van der Waals surface area contributed by atoms with Gasteiger partial charge in [-0.1, -0.05) is 13.8 Å². The van der Waals surface area contributed by atoms with Crippen LogP contribution in [-0.4, -0.2) is 46.5 Å². The van der Waals surface area contributed by atoms with E-state index in [1.165, 1.54) is 12.8 Å². The van der Waals surface area contributed by atoms with Crippen LogP contribution in [0.4, 0.5) is 0 Å². The molecule has 17 heavy (non-hydrogen) atoms. The summed E-state index contributed by atoms with van der Waals surface area (Å²) in [5.74, 6) is 0.316. The van der Waals surface area contributed by atoms with E-state index < -0.39 is 0 Å². The number of carbonyl (C=O) groups is 1. The Balaban J connectivity index is 2.03. The quantitative estimate of drug-likeness (QED) is 0.777. The lowest BCUT2D eigenvalue weighted by Gasteiger charge is -2.42. The highest BCUT2D eigenvalue weighted by Gasteiger charge is 2.39. The maximum absolute atomic E-state index is 12.6. The largest absolute Gasteiger partial charge is 0.339 e. The molecule has 4 heteroatoms. The predicted octanol–water partition coefficient (Wildman–Crippen LogP) is 1.87. The van der Waals surface area contributed by atoms with Crippen molar-refractivity contribution in [3.63, 3.8) is 0 Å². The summed E-state index contributed by atoms with van der Waals surface area (Å²) in [6.07, 6.45) is 3.35. The number of thioether (sulfide) groups is 1. The molecule has 0 aliphatic carbocycles. The van der Waals surface area contributed by atoms with Gasteiger partial charge in [0.1, 0.15) is 0 Å². The fourth-order valence-corrected chi connectivity index (χ4v) is 4.26. The molecule has 0 spiro atoms. The summed E-state index contributed by atoms with van der Waals surface area (Å²) in [7, 11) is 0. The molecule has 0 radical (unpaired) electrons. The van der Waals surface area contributed by atoms with Crippen LogP contribution in [0.1, 0.15) is 40.0 Å². The first-order chi connectivity index (χ1) is 8.01. The summed E-state index contributed by atoms with van der Waals surface area (Å²) in [6.45, 7) is 9.31. The second-order valence-corrected chi connectivity index (χ2v) is 7.57. The Labute approximate surface area is 109 Å². The smallest absolute Gasteiger partial charge is 0.242 e. The Kier molecular flexibility index (Phi) is 4.03. The summed E-state index contributed by atoms with van der Waals surface area (Å²) in [5.41, 5.74) is -0.306. The molecular weight excluding hydrogens is 232 g/mol. The van der Waals surface area contributed by atoms with Gasteiger partial charge in [0.2, 0.25) is 5.91 Å². The van der Waals surface area contributed by atoms with Crippen LogP contribution in [0.2, 0.25) is 0 Å². The zero-order chi connectivity index (χ0) is 12.5. The van der Waals surface area contributed by atoms with E-state index in [4.69, 9.17) is 0 Å². The summed E-state index contributed by atoms with van der Waals surface area (Å²) < 4.78 is 0. The molecule has 1 amide bonds. The van der Waals surface area contributed by atoms with Gasteiger partial charge in [-0.2, -0.15) is 11.8 Å². The van der Waals surface area contributed by atoms with Crippen molar-refractivity contribution < 1.29 is 4.79 Å². The fraction of sp³-hybridized carbons (Fsp3) is 0.923. The van der Waals surface area contributed by atoms with Gasteiger partial charge >= 0.3 is 0 Å². The molecule has 3 unspecified atom stereocenters. The van der Waals surface area contributed by atoms with E-state index in [0.717, 1.165) is 26.1 Å². The van der Waals surface area contributed by atoms with Crippen LogP contribution in [-0.2, 0) is 4.79 Å². The number of piperidine rings is 1. The number of nitrogens with zero attached hydrogens (tertiary/aromatic N) is 1. The molecule has 2 fully saturated rings. The summed E-state index contributed by atoms with van der Waals surface area (Å²) >= 11 is 1.99. The summed E-state index contributed by atoms with van der Waals surface area (Å²) in [6, 6.07) is 0. The molecule has 0 bridgehead atoms. The molecule has 3 atom stereocenters. The van der Waals surface area contributed by atoms with Crippen LogP contribution in [0.15, 0.2) is 0 Å². The third-order valence-corrected chi connectivity index (χ3v) is 5.02. The van der Waals surface area contributed by atoms with Crippen molar-refractivity contribution in [3.05, 3.63) is 0 Å². The fourth-order valence-electron chi connectivity index (χ4n) is 2.93. The highest BCUT2D eigenvalue weighted by molar-refractivity contribution is 8.00. The van der Waals surface area contributed by atoms with Crippen LogP contribution in [0, 0.1) is 0 Å². The normalized spacial score (nSPS) is 39.1. The van der Waals surface area contributed by atoms with E-state index in [1.807, 2.05) is 11.8 Å². The third kappa shape index (κ3) is 2.97. The minimum Gasteiger partial charge on any atom is -0.339 e. The standard InChI is InChI=1S/C13H24N2OS/c1-10-8-15(9-11(2)17-10)12(16)13(3)6-4-5-7-14-13/h10-11,14H,4-9H2,1-3H3. The molecule has 98 valence electrons. The number of rotatable bonds is 1. The molecule has 2 aliphatic rings. The van der Waals surface area contributed by atoms with Gasteiger partial charge in [-0.25, -0.2) is 0 Å². The minimum absolute atomic E-state index is 0.306. The Morgan fingerprint density at radius 1 is 1.29 bits per heavy atom. The van der Waals surface area contributed by atoms with Gasteiger partial charge in [0.15, 0.2) is 0 Å². The van der Waals surface area contributed by atoms with E-state index in [2.05, 4.69) is 31.0 Å². The lowest BCUT2D eigenvalue weighted by atomic mass is 9.89. The van der Waals surface area contributed by atoms with Crippen LogP contribution < -0.4 is 5.32 Å².